The second-order valence-corrected chi connectivity index (χ2v) is 4.19. The summed E-state index contributed by atoms with van der Waals surface area (Å²) < 4.78 is 5.38. The average molecular weight is 240 g/mol. The number of aromatic amines is 1. The number of nitrogens with one attached hydrogen (secondary N) is 2. The van der Waals surface area contributed by atoms with Crippen LogP contribution in [-0.2, 0) is 0 Å². The minimum absolute atomic E-state index is 0.174. The Morgan fingerprint density at radius 2 is 2.53 bits per heavy atom. The van der Waals surface area contributed by atoms with E-state index in [-0.39, 0.29) is 11.6 Å². The molecule has 0 aliphatic carbocycles. The van der Waals surface area contributed by atoms with Crippen molar-refractivity contribution in [2.75, 3.05) is 19.7 Å². The summed E-state index contributed by atoms with van der Waals surface area (Å²) in [6, 6.07) is 0. The highest BCUT2D eigenvalue weighted by molar-refractivity contribution is 5.36. The molecule has 0 aromatic carbocycles. The zero-order valence-corrected chi connectivity index (χ0v) is 9.52. The van der Waals surface area contributed by atoms with Crippen LogP contribution in [0.3, 0.4) is 0 Å². The molecule has 1 unspecified atom stereocenters. The summed E-state index contributed by atoms with van der Waals surface area (Å²) in [4.78, 5) is 10.1. The number of hydrogen-bond donors (Lipinski definition) is 2. The molecule has 0 amide bonds. The van der Waals surface area contributed by atoms with Crippen LogP contribution in [0.1, 0.15) is 19.3 Å². The van der Waals surface area contributed by atoms with Crippen LogP contribution in [0.15, 0.2) is 6.20 Å². The normalized spacial score (nSPS) is 20.1. The first-order valence-corrected chi connectivity index (χ1v) is 5.78. The van der Waals surface area contributed by atoms with Gasteiger partial charge in [0.05, 0.1) is 6.61 Å². The summed E-state index contributed by atoms with van der Waals surface area (Å²) in [5.74, 6) is 0.653. The topological polar surface area (TPSA) is 93.1 Å². The van der Waals surface area contributed by atoms with E-state index < -0.39 is 4.92 Å². The molecule has 1 aromatic heterocycles. The van der Waals surface area contributed by atoms with Gasteiger partial charge in [0.2, 0.25) is 5.75 Å². The first-order chi connectivity index (χ1) is 8.27. The molecule has 0 bridgehead atoms. The highest BCUT2D eigenvalue weighted by atomic mass is 16.6. The minimum atomic E-state index is -0.523. The van der Waals surface area contributed by atoms with Gasteiger partial charge in [0.15, 0.2) is 0 Å². The van der Waals surface area contributed by atoms with Crippen LogP contribution < -0.4 is 10.1 Å². The molecular weight excluding hydrogens is 224 g/mol. The number of piperidine rings is 1. The maximum absolute atomic E-state index is 10.6. The molecule has 17 heavy (non-hydrogen) atoms. The number of ether oxygens (including phenoxy) is 1. The molecule has 0 saturated carbocycles. The maximum Gasteiger partial charge on any atom is 0.385 e. The van der Waals surface area contributed by atoms with Crippen molar-refractivity contribution in [3.63, 3.8) is 0 Å². The fourth-order valence-corrected chi connectivity index (χ4v) is 2.01. The van der Waals surface area contributed by atoms with Gasteiger partial charge in [-0.25, -0.2) is 0 Å². The van der Waals surface area contributed by atoms with Crippen LogP contribution >= 0.6 is 0 Å². The Hall–Kier alpha value is -1.63. The Balaban J connectivity index is 1.77. The molecule has 7 nitrogen and oxygen atoms in total. The lowest BCUT2D eigenvalue weighted by Crippen LogP contribution is -2.30. The highest BCUT2D eigenvalue weighted by Gasteiger charge is 2.17. The van der Waals surface area contributed by atoms with E-state index in [0.29, 0.717) is 12.5 Å². The molecule has 1 aliphatic rings. The molecule has 1 saturated heterocycles. The van der Waals surface area contributed by atoms with Crippen molar-refractivity contribution in [2.45, 2.75) is 19.3 Å². The molecular formula is C10H16N4O3. The van der Waals surface area contributed by atoms with Gasteiger partial charge in [0.1, 0.15) is 6.20 Å². The van der Waals surface area contributed by atoms with Gasteiger partial charge < -0.3 is 20.2 Å². The molecule has 2 N–H and O–H groups in total. The van der Waals surface area contributed by atoms with Crippen LogP contribution in [0.25, 0.3) is 0 Å². The Kier molecular flexibility index (Phi) is 3.92. The van der Waals surface area contributed by atoms with Gasteiger partial charge in [-0.1, -0.05) is 5.10 Å². The van der Waals surface area contributed by atoms with E-state index in [2.05, 4.69) is 15.5 Å². The molecule has 94 valence electrons. The monoisotopic (exact) mass is 240 g/mol. The van der Waals surface area contributed by atoms with Crippen molar-refractivity contribution in [2.24, 2.45) is 5.92 Å². The summed E-state index contributed by atoms with van der Waals surface area (Å²) in [6.07, 6.45) is 4.65. The third kappa shape index (κ3) is 3.16. The van der Waals surface area contributed by atoms with Crippen LogP contribution in [0.2, 0.25) is 0 Å². The van der Waals surface area contributed by atoms with Crippen LogP contribution in [0.4, 0.5) is 5.82 Å². The second kappa shape index (κ2) is 5.62. The lowest BCUT2D eigenvalue weighted by Gasteiger charge is -2.22. The standard InChI is InChI=1S/C10H16N4O3/c15-14(16)10-9(7-12-13-10)17-5-3-8-2-1-4-11-6-8/h7-8,11H,1-6H2,(H,12,13). The van der Waals surface area contributed by atoms with Gasteiger partial charge in [-0.3, -0.25) is 0 Å². The van der Waals surface area contributed by atoms with E-state index in [0.717, 1.165) is 19.5 Å². The van der Waals surface area contributed by atoms with Crippen molar-refractivity contribution < 1.29 is 9.66 Å². The van der Waals surface area contributed by atoms with E-state index in [1.54, 1.807) is 0 Å². The Morgan fingerprint density at radius 3 is 3.24 bits per heavy atom. The SMILES string of the molecule is O=[N+]([O-])c1[nH]ncc1OCCC1CCCNC1. The number of aromatic nitrogens is 2. The zero-order valence-electron chi connectivity index (χ0n) is 9.52. The first-order valence-electron chi connectivity index (χ1n) is 5.78. The van der Waals surface area contributed by atoms with E-state index in [1.807, 2.05) is 0 Å². The number of nitro groups is 1. The van der Waals surface area contributed by atoms with Crippen LogP contribution in [0.5, 0.6) is 5.75 Å². The summed E-state index contributed by atoms with van der Waals surface area (Å²) >= 11 is 0. The molecule has 1 aliphatic heterocycles. The molecule has 0 radical (unpaired) electrons. The maximum atomic E-state index is 10.6. The quantitative estimate of drug-likeness (QED) is 0.593. The lowest BCUT2D eigenvalue weighted by atomic mass is 9.97. The Morgan fingerprint density at radius 1 is 1.65 bits per heavy atom. The van der Waals surface area contributed by atoms with Gasteiger partial charge in [0, 0.05) is 0 Å². The Labute approximate surface area is 98.7 Å². The average Bonchev–Trinajstić information content (AvgIpc) is 2.79. The first kappa shape index (κ1) is 11.8. The van der Waals surface area contributed by atoms with E-state index >= 15 is 0 Å². The fourth-order valence-electron chi connectivity index (χ4n) is 2.01. The molecule has 7 heteroatoms. The summed E-state index contributed by atoms with van der Waals surface area (Å²) in [6.45, 7) is 2.59. The Bertz CT molecular complexity index is 373. The highest BCUT2D eigenvalue weighted by Crippen LogP contribution is 2.23. The summed E-state index contributed by atoms with van der Waals surface area (Å²) in [5.41, 5.74) is 0. The number of H-pyrrole nitrogens is 1. The predicted molar refractivity (Wildman–Crippen MR) is 60.9 cm³/mol. The molecule has 2 heterocycles. The molecule has 1 fully saturated rings. The number of rotatable bonds is 5. The molecule has 1 atom stereocenters. The smallest absolute Gasteiger partial charge is 0.385 e. The fraction of sp³-hybridized carbons (Fsp3) is 0.700. The van der Waals surface area contributed by atoms with Gasteiger partial charge in [0.25, 0.3) is 0 Å². The van der Waals surface area contributed by atoms with Crippen LogP contribution in [-0.4, -0.2) is 34.8 Å². The molecule has 0 spiro atoms. The van der Waals surface area contributed by atoms with Gasteiger partial charge in [-0.15, -0.1) is 5.10 Å². The zero-order chi connectivity index (χ0) is 12.1. The largest absolute Gasteiger partial charge is 0.485 e. The number of nitrogens with zero attached hydrogens (tertiary/aromatic N) is 2. The van der Waals surface area contributed by atoms with Gasteiger partial charge in [-0.05, 0) is 43.2 Å². The summed E-state index contributed by atoms with van der Waals surface area (Å²) in [7, 11) is 0. The van der Waals surface area contributed by atoms with E-state index in [1.165, 1.54) is 19.0 Å². The van der Waals surface area contributed by atoms with Gasteiger partial charge >= 0.3 is 5.82 Å². The molecule has 2 rings (SSSR count). The lowest BCUT2D eigenvalue weighted by molar-refractivity contribution is -0.390. The third-order valence-corrected chi connectivity index (χ3v) is 2.95. The van der Waals surface area contributed by atoms with E-state index in [9.17, 15) is 10.1 Å². The van der Waals surface area contributed by atoms with Gasteiger partial charge in [-0.2, -0.15) is 0 Å². The minimum Gasteiger partial charge on any atom is -0.485 e. The van der Waals surface area contributed by atoms with Crippen LogP contribution in [0, 0.1) is 16.0 Å². The van der Waals surface area contributed by atoms with Crippen molar-refractivity contribution in [3.8, 4) is 5.75 Å². The number of hydrogen-bond acceptors (Lipinski definition) is 5. The van der Waals surface area contributed by atoms with Crippen molar-refractivity contribution in [3.05, 3.63) is 16.3 Å². The predicted octanol–water partition coefficient (Wildman–Crippen LogP) is 1.09. The summed E-state index contributed by atoms with van der Waals surface area (Å²) in [5, 5.41) is 19.8. The molecule has 1 aromatic rings. The van der Waals surface area contributed by atoms with Crippen molar-refractivity contribution in [1.29, 1.82) is 0 Å². The van der Waals surface area contributed by atoms with E-state index in [4.69, 9.17) is 4.74 Å². The third-order valence-electron chi connectivity index (χ3n) is 2.95. The van der Waals surface area contributed by atoms with Crippen molar-refractivity contribution in [1.82, 2.24) is 15.5 Å². The second-order valence-electron chi connectivity index (χ2n) is 4.19. The van der Waals surface area contributed by atoms with Crippen molar-refractivity contribution >= 4 is 5.82 Å².